The zero-order chi connectivity index (χ0) is 17.9. The highest BCUT2D eigenvalue weighted by atomic mass is 19.4. The smallest absolute Gasteiger partial charge is 0.369 e. The van der Waals surface area contributed by atoms with Gasteiger partial charge in [-0.05, 0) is 23.8 Å². The summed E-state index contributed by atoms with van der Waals surface area (Å²) >= 11 is 0. The summed E-state index contributed by atoms with van der Waals surface area (Å²) in [6.45, 7) is 2.09. The second-order valence-electron chi connectivity index (χ2n) is 5.83. The van der Waals surface area contributed by atoms with Crippen LogP contribution in [0, 0.1) is 0 Å². The molecule has 1 aromatic heterocycles. The highest BCUT2D eigenvalue weighted by Crippen LogP contribution is 2.29. The molecular formula is C18H17F3N2O2. The van der Waals surface area contributed by atoms with Crippen LogP contribution in [-0.2, 0) is 17.3 Å². The Balaban J connectivity index is 1.68. The first-order valence-corrected chi connectivity index (χ1v) is 7.91. The van der Waals surface area contributed by atoms with Crippen LogP contribution in [0.15, 0.2) is 42.6 Å². The molecule has 132 valence electrons. The van der Waals surface area contributed by atoms with Gasteiger partial charge in [0.15, 0.2) is 5.78 Å². The number of hydrogen-bond acceptors (Lipinski definition) is 4. The number of nitrogens with zero attached hydrogens (tertiary/aromatic N) is 1. The maximum absolute atomic E-state index is 12.7. The van der Waals surface area contributed by atoms with Crippen LogP contribution in [0.4, 0.5) is 13.2 Å². The van der Waals surface area contributed by atoms with Gasteiger partial charge in [0.25, 0.3) is 0 Å². The number of carbonyl (C=O) groups excluding carboxylic acids is 1. The topological polar surface area (TPSA) is 51.2 Å². The molecule has 1 aliphatic heterocycles. The summed E-state index contributed by atoms with van der Waals surface area (Å²) in [6, 6.07) is 8.00. The number of alkyl halides is 3. The molecule has 2 aromatic rings. The average molecular weight is 350 g/mol. The number of halogens is 3. The molecule has 7 heteroatoms. The van der Waals surface area contributed by atoms with E-state index < -0.39 is 11.7 Å². The zero-order valence-corrected chi connectivity index (χ0v) is 13.3. The zero-order valence-electron chi connectivity index (χ0n) is 13.3. The van der Waals surface area contributed by atoms with Gasteiger partial charge in [0.05, 0.1) is 17.9 Å². The van der Waals surface area contributed by atoms with Crippen molar-refractivity contribution in [1.82, 2.24) is 10.3 Å². The van der Waals surface area contributed by atoms with E-state index in [9.17, 15) is 18.0 Å². The normalized spacial score (nSPS) is 18.1. The van der Waals surface area contributed by atoms with E-state index in [1.807, 2.05) is 0 Å². The van der Waals surface area contributed by atoms with Crippen molar-refractivity contribution in [3.63, 3.8) is 0 Å². The van der Waals surface area contributed by atoms with Crippen LogP contribution in [0.1, 0.15) is 33.3 Å². The van der Waals surface area contributed by atoms with Crippen LogP contribution in [0.5, 0.6) is 0 Å². The van der Waals surface area contributed by atoms with Crippen molar-refractivity contribution in [3.8, 4) is 0 Å². The molecule has 1 atom stereocenters. The molecule has 0 unspecified atom stereocenters. The van der Waals surface area contributed by atoms with E-state index >= 15 is 0 Å². The van der Waals surface area contributed by atoms with Crippen LogP contribution < -0.4 is 5.32 Å². The van der Waals surface area contributed by atoms with E-state index in [2.05, 4.69) is 10.3 Å². The predicted molar refractivity (Wildman–Crippen MR) is 85.3 cm³/mol. The quantitative estimate of drug-likeness (QED) is 0.861. The van der Waals surface area contributed by atoms with Crippen molar-refractivity contribution < 1.29 is 22.7 Å². The third-order valence-electron chi connectivity index (χ3n) is 3.98. The number of hydrogen-bond donors (Lipinski definition) is 1. The van der Waals surface area contributed by atoms with Gasteiger partial charge in [0, 0.05) is 31.3 Å². The lowest BCUT2D eigenvalue weighted by molar-refractivity contribution is -0.137. The monoisotopic (exact) mass is 350 g/mol. The number of nitrogens with one attached hydrogen (secondary N) is 1. The van der Waals surface area contributed by atoms with Crippen LogP contribution in [0.25, 0.3) is 0 Å². The van der Waals surface area contributed by atoms with Gasteiger partial charge in [0.1, 0.15) is 6.10 Å². The molecule has 2 heterocycles. The first-order valence-electron chi connectivity index (χ1n) is 7.91. The Hall–Kier alpha value is -2.25. The minimum Gasteiger partial charge on any atom is -0.369 e. The van der Waals surface area contributed by atoms with Crippen LogP contribution in [0.2, 0.25) is 0 Å². The third kappa shape index (κ3) is 4.43. The first kappa shape index (κ1) is 17.6. The lowest BCUT2D eigenvalue weighted by atomic mass is 10.0. The van der Waals surface area contributed by atoms with Crippen LogP contribution >= 0.6 is 0 Å². The Morgan fingerprint density at radius 2 is 2.12 bits per heavy atom. The second-order valence-corrected chi connectivity index (χ2v) is 5.83. The standard InChI is InChI=1S/C18H17F3N2O2/c19-18(20,21)14-3-1-2-13(9-14)16(24)8-12-4-5-15(23-10-12)17-11-22-6-7-25-17/h1-5,9-10,17,22H,6-8,11H2/t17-/m0/s1. The summed E-state index contributed by atoms with van der Waals surface area (Å²) in [4.78, 5) is 16.6. The second kappa shape index (κ2) is 7.33. The van der Waals surface area contributed by atoms with E-state index in [0.717, 1.165) is 24.4 Å². The van der Waals surface area contributed by atoms with Crippen molar-refractivity contribution >= 4 is 5.78 Å². The van der Waals surface area contributed by atoms with Crippen molar-refractivity contribution in [3.05, 3.63) is 65.0 Å². The highest BCUT2D eigenvalue weighted by Gasteiger charge is 2.30. The molecule has 1 aromatic carbocycles. The minimum atomic E-state index is -4.46. The number of rotatable bonds is 4. The summed E-state index contributed by atoms with van der Waals surface area (Å²) < 4.78 is 43.8. The van der Waals surface area contributed by atoms with E-state index in [1.165, 1.54) is 12.1 Å². The van der Waals surface area contributed by atoms with Gasteiger partial charge in [-0.1, -0.05) is 18.2 Å². The Morgan fingerprint density at radius 1 is 1.28 bits per heavy atom. The lowest BCUT2D eigenvalue weighted by Gasteiger charge is -2.23. The number of ketones is 1. The first-order chi connectivity index (χ1) is 11.9. The molecule has 0 amide bonds. The van der Waals surface area contributed by atoms with Gasteiger partial charge in [0.2, 0.25) is 0 Å². The fourth-order valence-electron chi connectivity index (χ4n) is 2.64. The van der Waals surface area contributed by atoms with Crippen molar-refractivity contribution in [1.29, 1.82) is 0 Å². The summed E-state index contributed by atoms with van der Waals surface area (Å²) in [7, 11) is 0. The molecule has 1 saturated heterocycles. The number of morpholine rings is 1. The number of ether oxygens (including phenoxy) is 1. The minimum absolute atomic E-state index is 0.00162. The third-order valence-corrected chi connectivity index (χ3v) is 3.98. The molecule has 1 N–H and O–H groups in total. The van der Waals surface area contributed by atoms with Crippen molar-refractivity contribution in [2.45, 2.75) is 18.7 Å². The summed E-state index contributed by atoms with van der Waals surface area (Å²) in [5, 5.41) is 3.21. The Kier molecular flexibility index (Phi) is 5.15. The molecule has 1 fully saturated rings. The van der Waals surface area contributed by atoms with Crippen LogP contribution in [-0.4, -0.2) is 30.5 Å². The number of pyridine rings is 1. The molecule has 0 saturated carbocycles. The largest absolute Gasteiger partial charge is 0.416 e. The Bertz CT molecular complexity index is 739. The maximum Gasteiger partial charge on any atom is 0.416 e. The lowest BCUT2D eigenvalue weighted by Crippen LogP contribution is -2.33. The van der Waals surface area contributed by atoms with Crippen molar-refractivity contribution in [2.24, 2.45) is 0 Å². The Morgan fingerprint density at radius 3 is 2.76 bits per heavy atom. The SMILES string of the molecule is O=C(Cc1ccc([C@@H]2CNCCO2)nc1)c1cccc(C(F)(F)F)c1. The van der Waals surface area contributed by atoms with Crippen LogP contribution in [0.3, 0.4) is 0 Å². The van der Waals surface area contributed by atoms with Gasteiger partial charge in [-0.15, -0.1) is 0 Å². The van der Waals surface area contributed by atoms with Gasteiger partial charge in [-0.2, -0.15) is 13.2 Å². The molecule has 25 heavy (non-hydrogen) atoms. The molecule has 0 spiro atoms. The number of carbonyl (C=O) groups is 1. The summed E-state index contributed by atoms with van der Waals surface area (Å²) in [5.41, 5.74) is 0.630. The summed E-state index contributed by atoms with van der Waals surface area (Å²) in [5.74, 6) is -0.378. The average Bonchev–Trinajstić information content (AvgIpc) is 2.62. The van der Waals surface area contributed by atoms with E-state index in [0.29, 0.717) is 18.7 Å². The predicted octanol–water partition coefficient (Wildman–Crippen LogP) is 3.19. The molecule has 0 radical (unpaired) electrons. The highest BCUT2D eigenvalue weighted by molar-refractivity contribution is 5.97. The molecule has 1 aliphatic rings. The summed E-state index contributed by atoms with van der Waals surface area (Å²) in [6.07, 6.45) is -3.02. The van der Waals surface area contributed by atoms with Gasteiger partial charge in [-0.25, -0.2) is 0 Å². The maximum atomic E-state index is 12.7. The Labute approximate surface area is 143 Å². The van der Waals surface area contributed by atoms with E-state index in [-0.39, 0.29) is 23.9 Å². The van der Waals surface area contributed by atoms with E-state index in [1.54, 1.807) is 18.3 Å². The number of Topliss-reactive ketones (excluding diaryl/α,β-unsaturated/α-hetero) is 1. The number of aromatic nitrogens is 1. The van der Waals surface area contributed by atoms with Gasteiger partial charge in [-0.3, -0.25) is 9.78 Å². The van der Waals surface area contributed by atoms with E-state index in [4.69, 9.17) is 4.74 Å². The van der Waals surface area contributed by atoms with Gasteiger partial charge < -0.3 is 10.1 Å². The fourth-order valence-corrected chi connectivity index (χ4v) is 2.64. The molecule has 0 aliphatic carbocycles. The molecular weight excluding hydrogens is 333 g/mol. The molecule has 0 bridgehead atoms. The van der Waals surface area contributed by atoms with Gasteiger partial charge >= 0.3 is 6.18 Å². The molecule has 3 rings (SSSR count). The van der Waals surface area contributed by atoms with Crippen molar-refractivity contribution in [2.75, 3.05) is 19.7 Å². The fraction of sp³-hybridized carbons (Fsp3) is 0.333. The molecule has 4 nitrogen and oxygen atoms in total. The number of benzene rings is 1.